The van der Waals surface area contributed by atoms with Gasteiger partial charge in [0.25, 0.3) is 0 Å². The normalized spacial score (nSPS) is 13.4. The SMILES string of the molecule is COCCN1CCc2nc(Nc3ccc(-n4ccnc4C)cc3)nc(Cc3cccc(OC)c3)c2C1. The minimum Gasteiger partial charge on any atom is -0.497 e. The summed E-state index contributed by atoms with van der Waals surface area (Å²) in [5, 5.41) is 3.43. The van der Waals surface area contributed by atoms with Gasteiger partial charge >= 0.3 is 0 Å². The number of aromatic nitrogens is 4. The number of benzene rings is 2. The van der Waals surface area contributed by atoms with Crippen molar-refractivity contribution in [1.29, 1.82) is 0 Å². The van der Waals surface area contributed by atoms with Crippen LogP contribution in [0, 0.1) is 6.92 Å². The molecule has 8 nitrogen and oxygen atoms in total. The van der Waals surface area contributed by atoms with E-state index in [0.717, 1.165) is 72.6 Å². The van der Waals surface area contributed by atoms with Crippen LogP contribution in [0.2, 0.25) is 0 Å². The van der Waals surface area contributed by atoms with Crippen molar-refractivity contribution in [3.8, 4) is 11.4 Å². The molecule has 3 heterocycles. The van der Waals surface area contributed by atoms with Crippen molar-refractivity contribution in [2.45, 2.75) is 26.3 Å². The van der Waals surface area contributed by atoms with Crippen molar-refractivity contribution < 1.29 is 9.47 Å². The van der Waals surface area contributed by atoms with E-state index in [1.54, 1.807) is 14.2 Å². The Morgan fingerprint density at radius 2 is 1.92 bits per heavy atom. The smallest absolute Gasteiger partial charge is 0.227 e. The third-order valence-corrected chi connectivity index (χ3v) is 6.57. The van der Waals surface area contributed by atoms with Crippen LogP contribution in [0.1, 0.15) is 28.3 Å². The average molecular weight is 485 g/mol. The first-order chi connectivity index (χ1) is 17.6. The molecule has 0 spiro atoms. The molecular formula is C28H32N6O2. The number of hydrogen-bond acceptors (Lipinski definition) is 7. The van der Waals surface area contributed by atoms with E-state index in [-0.39, 0.29) is 0 Å². The molecule has 8 heteroatoms. The average Bonchev–Trinajstić information content (AvgIpc) is 3.34. The van der Waals surface area contributed by atoms with Crippen LogP contribution in [0.3, 0.4) is 0 Å². The second-order valence-corrected chi connectivity index (χ2v) is 8.98. The highest BCUT2D eigenvalue weighted by Gasteiger charge is 2.22. The minimum absolute atomic E-state index is 0.628. The van der Waals surface area contributed by atoms with Gasteiger partial charge in [0.1, 0.15) is 11.6 Å². The Morgan fingerprint density at radius 1 is 1.06 bits per heavy atom. The van der Waals surface area contributed by atoms with Gasteiger partial charge in [0.15, 0.2) is 0 Å². The zero-order chi connectivity index (χ0) is 24.9. The van der Waals surface area contributed by atoms with Gasteiger partial charge in [-0.3, -0.25) is 4.90 Å². The second-order valence-electron chi connectivity index (χ2n) is 8.98. The molecule has 5 rings (SSSR count). The number of ether oxygens (including phenoxy) is 2. The summed E-state index contributed by atoms with van der Waals surface area (Å²) in [6, 6.07) is 16.4. The van der Waals surface area contributed by atoms with Gasteiger partial charge in [-0.05, 0) is 48.9 Å². The molecule has 2 aromatic carbocycles. The molecule has 0 saturated heterocycles. The van der Waals surface area contributed by atoms with Crippen molar-refractivity contribution in [1.82, 2.24) is 24.4 Å². The predicted octanol–water partition coefficient (Wildman–Crippen LogP) is 4.32. The van der Waals surface area contributed by atoms with E-state index in [9.17, 15) is 0 Å². The van der Waals surface area contributed by atoms with Gasteiger partial charge < -0.3 is 19.4 Å². The van der Waals surface area contributed by atoms with Crippen molar-refractivity contribution in [2.24, 2.45) is 0 Å². The lowest BCUT2D eigenvalue weighted by atomic mass is 9.99. The Morgan fingerprint density at radius 3 is 2.67 bits per heavy atom. The van der Waals surface area contributed by atoms with Gasteiger partial charge in [-0.1, -0.05) is 12.1 Å². The maximum Gasteiger partial charge on any atom is 0.227 e. The highest BCUT2D eigenvalue weighted by molar-refractivity contribution is 5.56. The molecule has 0 saturated carbocycles. The summed E-state index contributed by atoms with van der Waals surface area (Å²) >= 11 is 0. The largest absolute Gasteiger partial charge is 0.497 e. The Hall–Kier alpha value is -3.75. The number of nitrogens with one attached hydrogen (secondary N) is 1. The number of imidazole rings is 1. The monoisotopic (exact) mass is 484 g/mol. The zero-order valence-electron chi connectivity index (χ0n) is 21.1. The predicted molar refractivity (Wildman–Crippen MR) is 140 cm³/mol. The van der Waals surface area contributed by atoms with Crippen LogP contribution in [-0.2, 0) is 24.1 Å². The first-order valence-corrected chi connectivity index (χ1v) is 12.2. The molecule has 1 aliphatic rings. The Balaban J connectivity index is 1.43. The Labute approximate surface area is 211 Å². The molecule has 0 radical (unpaired) electrons. The quantitative estimate of drug-likeness (QED) is 0.379. The third kappa shape index (κ3) is 5.40. The first kappa shape index (κ1) is 24.0. The van der Waals surface area contributed by atoms with Gasteiger partial charge in [-0.15, -0.1) is 0 Å². The lowest BCUT2D eigenvalue weighted by Crippen LogP contribution is -2.34. The van der Waals surface area contributed by atoms with Gasteiger partial charge in [-0.25, -0.2) is 15.0 Å². The van der Waals surface area contributed by atoms with Crippen molar-refractivity contribution >= 4 is 11.6 Å². The van der Waals surface area contributed by atoms with Gasteiger partial charge in [0, 0.05) is 68.9 Å². The Bertz CT molecular complexity index is 1320. The van der Waals surface area contributed by atoms with Crippen LogP contribution < -0.4 is 10.1 Å². The number of methoxy groups -OCH3 is 2. The lowest BCUT2D eigenvalue weighted by Gasteiger charge is -2.29. The fraction of sp³-hybridized carbons (Fsp3) is 0.321. The molecule has 0 aliphatic carbocycles. The molecule has 1 N–H and O–H groups in total. The van der Waals surface area contributed by atoms with Crippen LogP contribution in [0.5, 0.6) is 5.75 Å². The summed E-state index contributed by atoms with van der Waals surface area (Å²) in [5.41, 5.74) is 6.55. The second kappa shape index (κ2) is 10.9. The number of anilines is 2. The highest BCUT2D eigenvalue weighted by Crippen LogP contribution is 2.26. The summed E-state index contributed by atoms with van der Waals surface area (Å²) < 4.78 is 12.8. The van der Waals surface area contributed by atoms with Crippen LogP contribution >= 0.6 is 0 Å². The van der Waals surface area contributed by atoms with E-state index >= 15 is 0 Å². The van der Waals surface area contributed by atoms with Crippen molar-refractivity contribution in [3.63, 3.8) is 0 Å². The van der Waals surface area contributed by atoms with Gasteiger partial charge in [0.2, 0.25) is 5.95 Å². The van der Waals surface area contributed by atoms with E-state index in [0.29, 0.717) is 12.4 Å². The van der Waals surface area contributed by atoms with Gasteiger partial charge in [0.05, 0.1) is 25.1 Å². The molecule has 0 bridgehead atoms. The molecule has 186 valence electrons. The third-order valence-electron chi connectivity index (χ3n) is 6.57. The lowest BCUT2D eigenvalue weighted by molar-refractivity contribution is 0.140. The molecule has 4 aromatic rings. The van der Waals surface area contributed by atoms with Crippen molar-refractivity contribution in [3.05, 3.63) is 89.3 Å². The molecule has 0 atom stereocenters. The summed E-state index contributed by atoms with van der Waals surface area (Å²) in [6.07, 6.45) is 5.38. The molecule has 1 aliphatic heterocycles. The number of hydrogen-bond donors (Lipinski definition) is 1. The number of rotatable bonds is 9. The van der Waals surface area contributed by atoms with E-state index in [1.807, 2.05) is 43.6 Å². The first-order valence-electron chi connectivity index (χ1n) is 12.2. The molecule has 0 amide bonds. The molecule has 2 aromatic heterocycles. The van der Waals surface area contributed by atoms with E-state index in [1.165, 1.54) is 5.56 Å². The van der Waals surface area contributed by atoms with E-state index < -0.39 is 0 Å². The maximum absolute atomic E-state index is 5.44. The molecule has 36 heavy (non-hydrogen) atoms. The fourth-order valence-corrected chi connectivity index (χ4v) is 4.61. The number of nitrogens with zero attached hydrogens (tertiary/aromatic N) is 5. The summed E-state index contributed by atoms with van der Waals surface area (Å²) in [4.78, 5) is 16.6. The van der Waals surface area contributed by atoms with Crippen LogP contribution in [-0.4, -0.2) is 58.3 Å². The summed E-state index contributed by atoms with van der Waals surface area (Å²) in [6.45, 7) is 5.40. The minimum atomic E-state index is 0.628. The molecular weight excluding hydrogens is 452 g/mol. The molecule has 0 fully saturated rings. The Kier molecular flexibility index (Phi) is 7.25. The highest BCUT2D eigenvalue weighted by atomic mass is 16.5. The van der Waals surface area contributed by atoms with Crippen LogP contribution in [0.4, 0.5) is 11.6 Å². The van der Waals surface area contributed by atoms with Gasteiger partial charge in [-0.2, -0.15) is 0 Å². The van der Waals surface area contributed by atoms with E-state index in [4.69, 9.17) is 19.4 Å². The summed E-state index contributed by atoms with van der Waals surface area (Å²) in [7, 11) is 3.44. The summed E-state index contributed by atoms with van der Waals surface area (Å²) in [5.74, 6) is 2.43. The van der Waals surface area contributed by atoms with Crippen LogP contribution in [0.15, 0.2) is 60.9 Å². The number of aryl methyl sites for hydroxylation is 1. The fourth-order valence-electron chi connectivity index (χ4n) is 4.61. The standard InChI is InChI=1S/C28H32N6O2/c1-20-29-12-14-34(20)23-9-7-22(8-10-23)30-28-31-26-11-13-33(15-16-35-2)19-25(26)27(32-28)18-21-5-4-6-24(17-21)36-3/h4-10,12,14,17H,11,13,15-16,18-19H2,1-3H3,(H,30,31,32). The maximum atomic E-state index is 5.44. The van der Waals surface area contributed by atoms with E-state index in [2.05, 4.69) is 44.0 Å². The topological polar surface area (TPSA) is 77.3 Å². The molecule has 0 unspecified atom stereocenters. The van der Waals surface area contributed by atoms with Crippen LogP contribution in [0.25, 0.3) is 5.69 Å². The van der Waals surface area contributed by atoms with Crippen molar-refractivity contribution in [2.75, 3.05) is 39.2 Å². The zero-order valence-corrected chi connectivity index (χ0v) is 21.1. The number of fused-ring (bicyclic) bond motifs is 1.